The molecule has 2 aromatic rings. The summed E-state index contributed by atoms with van der Waals surface area (Å²) >= 11 is 0. The molecule has 1 N–H and O–H groups in total. The van der Waals surface area contributed by atoms with E-state index in [1.165, 1.54) is 0 Å². The highest BCUT2D eigenvalue weighted by atomic mass is 16.5. The third-order valence-corrected chi connectivity index (χ3v) is 3.61. The summed E-state index contributed by atoms with van der Waals surface area (Å²) in [5.74, 6) is 0. The third kappa shape index (κ3) is 1.89. The standard InChI is InChI=1S/C17H16O2/c1-19-12-17(18)15-8-4-2-6-13(15)10-11-14-7-3-5-9-16(14)17/h2-11,18H,12H2,1H3. The van der Waals surface area contributed by atoms with Crippen molar-refractivity contribution in [1.82, 2.24) is 0 Å². The van der Waals surface area contributed by atoms with E-state index in [9.17, 15) is 5.11 Å². The smallest absolute Gasteiger partial charge is 0.139 e. The van der Waals surface area contributed by atoms with Crippen molar-refractivity contribution in [2.45, 2.75) is 5.60 Å². The summed E-state index contributed by atoms with van der Waals surface area (Å²) in [4.78, 5) is 0. The molecule has 2 aromatic carbocycles. The van der Waals surface area contributed by atoms with Crippen molar-refractivity contribution >= 4 is 12.2 Å². The Balaban J connectivity index is 2.30. The Morgan fingerprint density at radius 1 is 0.895 bits per heavy atom. The van der Waals surface area contributed by atoms with Gasteiger partial charge in [0.1, 0.15) is 5.60 Å². The summed E-state index contributed by atoms with van der Waals surface area (Å²) in [6, 6.07) is 15.8. The van der Waals surface area contributed by atoms with Crippen LogP contribution >= 0.6 is 0 Å². The molecular formula is C17H16O2. The van der Waals surface area contributed by atoms with Gasteiger partial charge in [-0.3, -0.25) is 0 Å². The first-order valence-electron chi connectivity index (χ1n) is 6.34. The van der Waals surface area contributed by atoms with Gasteiger partial charge in [-0.15, -0.1) is 0 Å². The number of hydrogen-bond donors (Lipinski definition) is 1. The van der Waals surface area contributed by atoms with E-state index in [0.29, 0.717) is 0 Å². The Morgan fingerprint density at radius 3 is 1.84 bits per heavy atom. The highest BCUT2D eigenvalue weighted by Crippen LogP contribution is 2.37. The van der Waals surface area contributed by atoms with Gasteiger partial charge in [0, 0.05) is 7.11 Å². The molecule has 0 aromatic heterocycles. The summed E-state index contributed by atoms with van der Waals surface area (Å²) in [6.07, 6.45) is 4.09. The van der Waals surface area contributed by atoms with Gasteiger partial charge in [0.25, 0.3) is 0 Å². The second kappa shape index (κ2) is 4.65. The van der Waals surface area contributed by atoms with E-state index in [1.807, 2.05) is 60.7 Å². The first-order valence-corrected chi connectivity index (χ1v) is 6.34. The molecule has 2 heteroatoms. The van der Waals surface area contributed by atoms with Crippen LogP contribution in [0.3, 0.4) is 0 Å². The minimum Gasteiger partial charge on any atom is -0.381 e. The van der Waals surface area contributed by atoms with E-state index in [2.05, 4.69) is 0 Å². The van der Waals surface area contributed by atoms with Crippen LogP contribution in [0, 0.1) is 0 Å². The lowest BCUT2D eigenvalue weighted by molar-refractivity contribution is -0.00340. The Morgan fingerprint density at radius 2 is 1.37 bits per heavy atom. The molecule has 0 spiro atoms. The Hall–Kier alpha value is -1.90. The zero-order valence-corrected chi connectivity index (χ0v) is 10.8. The SMILES string of the molecule is COCC1(O)c2ccccc2C=Cc2ccccc21. The maximum absolute atomic E-state index is 11.2. The van der Waals surface area contributed by atoms with Crippen LogP contribution in [0.25, 0.3) is 12.2 Å². The monoisotopic (exact) mass is 252 g/mol. The van der Waals surface area contributed by atoms with Crippen LogP contribution in [-0.4, -0.2) is 18.8 Å². The van der Waals surface area contributed by atoms with Crippen LogP contribution in [0.2, 0.25) is 0 Å². The molecule has 0 heterocycles. The van der Waals surface area contributed by atoms with Gasteiger partial charge in [-0.05, 0) is 22.3 Å². The molecular weight excluding hydrogens is 236 g/mol. The van der Waals surface area contributed by atoms with Crippen molar-refractivity contribution in [3.05, 3.63) is 70.8 Å². The third-order valence-electron chi connectivity index (χ3n) is 3.61. The van der Waals surface area contributed by atoms with Crippen molar-refractivity contribution in [3.63, 3.8) is 0 Å². The molecule has 2 nitrogen and oxygen atoms in total. The van der Waals surface area contributed by atoms with Crippen LogP contribution < -0.4 is 0 Å². The lowest BCUT2D eigenvalue weighted by Gasteiger charge is -2.30. The van der Waals surface area contributed by atoms with Crippen LogP contribution in [-0.2, 0) is 10.3 Å². The average molecular weight is 252 g/mol. The van der Waals surface area contributed by atoms with Gasteiger partial charge >= 0.3 is 0 Å². The fraction of sp³-hybridized carbons (Fsp3) is 0.176. The van der Waals surface area contributed by atoms with Crippen molar-refractivity contribution < 1.29 is 9.84 Å². The van der Waals surface area contributed by atoms with E-state index >= 15 is 0 Å². The Labute approximate surface area is 113 Å². The fourth-order valence-corrected chi connectivity index (χ4v) is 2.73. The number of ether oxygens (including phenoxy) is 1. The minimum atomic E-state index is -1.11. The maximum atomic E-state index is 11.2. The molecule has 0 aliphatic heterocycles. The molecule has 96 valence electrons. The lowest BCUT2D eigenvalue weighted by Crippen LogP contribution is -2.33. The normalized spacial score (nSPS) is 15.5. The summed E-state index contributed by atoms with van der Waals surface area (Å²) in [7, 11) is 1.61. The molecule has 1 aliphatic rings. The zero-order chi connectivity index (χ0) is 13.3. The molecule has 3 rings (SSSR count). The van der Waals surface area contributed by atoms with Gasteiger partial charge in [-0.1, -0.05) is 60.7 Å². The molecule has 0 radical (unpaired) electrons. The number of methoxy groups -OCH3 is 1. The second-order valence-corrected chi connectivity index (χ2v) is 4.80. The Kier molecular flexibility index (Phi) is 2.97. The lowest BCUT2D eigenvalue weighted by atomic mass is 9.84. The van der Waals surface area contributed by atoms with E-state index < -0.39 is 5.60 Å². The molecule has 0 atom stereocenters. The maximum Gasteiger partial charge on any atom is 0.139 e. The summed E-state index contributed by atoms with van der Waals surface area (Å²) in [6.45, 7) is 0.239. The number of rotatable bonds is 2. The molecule has 1 aliphatic carbocycles. The number of hydrogen-bond acceptors (Lipinski definition) is 2. The fourth-order valence-electron chi connectivity index (χ4n) is 2.73. The molecule has 0 bridgehead atoms. The second-order valence-electron chi connectivity index (χ2n) is 4.80. The highest BCUT2D eigenvalue weighted by molar-refractivity contribution is 5.77. The molecule has 0 amide bonds. The first kappa shape index (κ1) is 12.2. The summed E-state index contributed by atoms with van der Waals surface area (Å²) in [5, 5.41) is 11.2. The van der Waals surface area contributed by atoms with E-state index in [0.717, 1.165) is 22.3 Å². The minimum absolute atomic E-state index is 0.239. The van der Waals surface area contributed by atoms with Crippen LogP contribution in [0.4, 0.5) is 0 Å². The van der Waals surface area contributed by atoms with Gasteiger partial charge < -0.3 is 9.84 Å². The van der Waals surface area contributed by atoms with Crippen LogP contribution in [0.1, 0.15) is 22.3 Å². The van der Waals surface area contributed by atoms with Gasteiger partial charge in [0.15, 0.2) is 0 Å². The zero-order valence-electron chi connectivity index (χ0n) is 10.8. The Bertz CT molecular complexity index is 579. The van der Waals surface area contributed by atoms with Gasteiger partial charge in [0.05, 0.1) is 6.61 Å². The highest BCUT2D eigenvalue weighted by Gasteiger charge is 2.35. The molecule has 19 heavy (non-hydrogen) atoms. The van der Waals surface area contributed by atoms with Gasteiger partial charge in [0.2, 0.25) is 0 Å². The van der Waals surface area contributed by atoms with Crippen LogP contribution in [0.15, 0.2) is 48.5 Å². The number of aliphatic hydroxyl groups is 1. The largest absolute Gasteiger partial charge is 0.381 e. The molecule has 0 saturated carbocycles. The average Bonchev–Trinajstić information content (AvgIpc) is 2.57. The summed E-state index contributed by atoms with van der Waals surface area (Å²) in [5.41, 5.74) is 2.72. The summed E-state index contributed by atoms with van der Waals surface area (Å²) < 4.78 is 5.28. The van der Waals surface area contributed by atoms with Gasteiger partial charge in [-0.25, -0.2) is 0 Å². The van der Waals surface area contributed by atoms with Crippen LogP contribution in [0.5, 0.6) is 0 Å². The van der Waals surface area contributed by atoms with Crippen molar-refractivity contribution in [2.24, 2.45) is 0 Å². The number of benzene rings is 2. The molecule has 0 fully saturated rings. The quantitative estimate of drug-likeness (QED) is 0.890. The topological polar surface area (TPSA) is 29.5 Å². The van der Waals surface area contributed by atoms with E-state index in [1.54, 1.807) is 7.11 Å². The number of fused-ring (bicyclic) bond motifs is 2. The van der Waals surface area contributed by atoms with Crippen molar-refractivity contribution in [1.29, 1.82) is 0 Å². The van der Waals surface area contributed by atoms with Crippen molar-refractivity contribution in [3.8, 4) is 0 Å². The first-order chi connectivity index (χ1) is 9.25. The predicted molar refractivity (Wildman–Crippen MR) is 76.7 cm³/mol. The molecule has 0 saturated heterocycles. The molecule has 0 unspecified atom stereocenters. The predicted octanol–water partition coefficient (Wildman–Crippen LogP) is 3.05. The van der Waals surface area contributed by atoms with Crippen molar-refractivity contribution in [2.75, 3.05) is 13.7 Å². The van der Waals surface area contributed by atoms with E-state index in [-0.39, 0.29) is 6.61 Å². The van der Waals surface area contributed by atoms with Gasteiger partial charge in [-0.2, -0.15) is 0 Å². The van der Waals surface area contributed by atoms with E-state index in [4.69, 9.17) is 4.74 Å².